The van der Waals surface area contributed by atoms with E-state index in [1.54, 1.807) is 6.07 Å². The Morgan fingerprint density at radius 2 is 2.17 bits per heavy atom. The van der Waals surface area contributed by atoms with E-state index in [2.05, 4.69) is 17.5 Å². The first kappa shape index (κ1) is 9.29. The molecular formula is C8H9ClN2S. The molecule has 2 nitrogen and oxygen atoms in total. The van der Waals surface area contributed by atoms with E-state index in [0.717, 1.165) is 11.3 Å². The highest BCUT2D eigenvalue weighted by Crippen LogP contribution is 2.17. The van der Waals surface area contributed by atoms with Gasteiger partial charge in [-0.15, -0.1) is 0 Å². The third-order valence-corrected chi connectivity index (χ3v) is 1.63. The Morgan fingerprint density at radius 3 is 2.67 bits per heavy atom. The standard InChI is InChI=1S/C8H9ClN2S/c1-5-2-6(9)4-7(3-5)11-8(10)12/h2-4H,1H3,(H3,10,11,12). The predicted molar refractivity (Wildman–Crippen MR) is 56.6 cm³/mol. The number of nitrogens with one attached hydrogen (secondary N) is 1. The first-order valence-electron chi connectivity index (χ1n) is 3.41. The summed E-state index contributed by atoms with van der Waals surface area (Å²) in [5.74, 6) is 0. The number of benzene rings is 1. The van der Waals surface area contributed by atoms with Gasteiger partial charge in [-0.1, -0.05) is 11.6 Å². The van der Waals surface area contributed by atoms with Crippen molar-refractivity contribution >= 4 is 34.6 Å². The van der Waals surface area contributed by atoms with E-state index in [-0.39, 0.29) is 5.11 Å². The fourth-order valence-electron chi connectivity index (χ4n) is 0.951. The number of hydrogen-bond acceptors (Lipinski definition) is 1. The molecule has 0 saturated carbocycles. The molecule has 1 rings (SSSR count). The van der Waals surface area contributed by atoms with E-state index in [4.69, 9.17) is 17.3 Å². The zero-order chi connectivity index (χ0) is 9.14. The number of thiocarbonyl (C=S) groups is 1. The monoisotopic (exact) mass is 200 g/mol. The van der Waals surface area contributed by atoms with Crippen LogP contribution in [0.5, 0.6) is 0 Å². The van der Waals surface area contributed by atoms with Crippen LogP contribution < -0.4 is 11.1 Å². The van der Waals surface area contributed by atoms with Crippen LogP contribution in [0.1, 0.15) is 5.56 Å². The normalized spacial score (nSPS) is 9.50. The fraction of sp³-hybridized carbons (Fsp3) is 0.125. The van der Waals surface area contributed by atoms with Crippen molar-refractivity contribution in [3.8, 4) is 0 Å². The zero-order valence-corrected chi connectivity index (χ0v) is 8.17. The first-order valence-corrected chi connectivity index (χ1v) is 4.20. The maximum Gasteiger partial charge on any atom is 0.168 e. The molecule has 12 heavy (non-hydrogen) atoms. The Bertz CT molecular complexity index is 292. The first-order chi connectivity index (χ1) is 5.58. The van der Waals surface area contributed by atoms with E-state index in [1.165, 1.54) is 0 Å². The molecule has 64 valence electrons. The van der Waals surface area contributed by atoms with Crippen molar-refractivity contribution in [1.82, 2.24) is 0 Å². The molecule has 0 aliphatic heterocycles. The molecule has 1 aromatic rings. The Balaban J connectivity index is 2.93. The number of nitrogens with two attached hydrogens (primary N) is 1. The quantitative estimate of drug-likeness (QED) is 0.684. The van der Waals surface area contributed by atoms with Crippen molar-refractivity contribution in [2.75, 3.05) is 5.32 Å². The largest absolute Gasteiger partial charge is 0.376 e. The lowest BCUT2D eigenvalue weighted by Crippen LogP contribution is -2.18. The van der Waals surface area contributed by atoms with Gasteiger partial charge < -0.3 is 11.1 Å². The van der Waals surface area contributed by atoms with Gasteiger partial charge in [0.1, 0.15) is 0 Å². The van der Waals surface area contributed by atoms with Gasteiger partial charge in [-0.05, 0) is 42.9 Å². The second kappa shape index (κ2) is 3.74. The molecule has 0 aromatic heterocycles. The fourth-order valence-corrected chi connectivity index (χ4v) is 1.36. The van der Waals surface area contributed by atoms with Crippen LogP contribution in [0, 0.1) is 6.92 Å². The molecule has 0 aliphatic carbocycles. The summed E-state index contributed by atoms with van der Waals surface area (Å²) in [6.45, 7) is 1.95. The van der Waals surface area contributed by atoms with E-state index >= 15 is 0 Å². The van der Waals surface area contributed by atoms with Gasteiger partial charge in [0, 0.05) is 10.7 Å². The molecular weight excluding hydrogens is 192 g/mol. The second-order valence-electron chi connectivity index (χ2n) is 2.51. The molecule has 3 N–H and O–H groups in total. The molecule has 0 aliphatic rings. The zero-order valence-electron chi connectivity index (χ0n) is 6.60. The maximum atomic E-state index is 5.81. The van der Waals surface area contributed by atoms with E-state index in [9.17, 15) is 0 Å². The summed E-state index contributed by atoms with van der Waals surface area (Å²) in [7, 11) is 0. The van der Waals surface area contributed by atoms with Gasteiger partial charge in [0.15, 0.2) is 5.11 Å². The summed E-state index contributed by atoms with van der Waals surface area (Å²) in [6, 6.07) is 5.56. The van der Waals surface area contributed by atoms with E-state index in [1.807, 2.05) is 19.1 Å². The molecule has 0 heterocycles. The molecule has 1 aromatic carbocycles. The maximum absolute atomic E-state index is 5.81. The lowest BCUT2D eigenvalue weighted by atomic mass is 10.2. The number of aryl methyl sites for hydroxylation is 1. The second-order valence-corrected chi connectivity index (χ2v) is 3.38. The molecule has 0 saturated heterocycles. The molecule has 0 radical (unpaired) electrons. The minimum absolute atomic E-state index is 0.247. The topological polar surface area (TPSA) is 38.0 Å². The summed E-state index contributed by atoms with van der Waals surface area (Å²) in [4.78, 5) is 0. The van der Waals surface area contributed by atoms with Gasteiger partial charge in [0.2, 0.25) is 0 Å². The van der Waals surface area contributed by atoms with Gasteiger partial charge in [-0.2, -0.15) is 0 Å². The molecule has 0 unspecified atom stereocenters. The minimum atomic E-state index is 0.247. The van der Waals surface area contributed by atoms with Crippen LogP contribution in [-0.4, -0.2) is 5.11 Å². The Hall–Kier alpha value is -0.800. The van der Waals surface area contributed by atoms with Crippen molar-refractivity contribution in [3.63, 3.8) is 0 Å². The van der Waals surface area contributed by atoms with Gasteiger partial charge in [0.25, 0.3) is 0 Å². The van der Waals surface area contributed by atoms with Crippen molar-refractivity contribution in [2.45, 2.75) is 6.92 Å². The molecule has 0 fully saturated rings. The van der Waals surface area contributed by atoms with Crippen LogP contribution in [-0.2, 0) is 0 Å². The molecule has 0 spiro atoms. The van der Waals surface area contributed by atoms with Crippen molar-refractivity contribution in [1.29, 1.82) is 0 Å². The summed E-state index contributed by atoms with van der Waals surface area (Å²) in [5, 5.41) is 3.73. The van der Waals surface area contributed by atoms with Gasteiger partial charge >= 0.3 is 0 Å². The van der Waals surface area contributed by atoms with Gasteiger partial charge in [0.05, 0.1) is 0 Å². The Morgan fingerprint density at radius 1 is 1.50 bits per heavy atom. The van der Waals surface area contributed by atoms with Crippen molar-refractivity contribution in [2.24, 2.45) is 5.73 Å². The van der Waals surface area contributed by atoms with Crippen LogP contribution >= 0.6 is 23.8 Å². The number of rotatable bonds is 1. The highest BCUT2D eigenvalue weighted by Gasteiger charge is 1.96. The van der Waals surface area contributed by atoms with Crippen LogP contribution in [0.3, 0.4) is 0 Å². The van der Waals surface area contributed by atoms with Crippen molar-refractivity contribution < 1.29 is 0 Å². The number of halogens is 1. The van der Waals surface area contributed by atoms with E-state index < -0.39 is 0 Å². The lowest BCUT2D eigenvalue weighted by molar-refractivity contribution is 1.46. The summed E-state index contributed by atoms with van der Waals surface area (Å²) >= 11 is 10.5. The molecule has 0 amide bonds. The Kier molecular flexibility index (Phi) is 2.89. The highest BCUT2D eigenvalue weighted by molar-refractivity contribution is 7.80. The third-order valence-electron chi connectivity index (χ3n) is 1.31. The molecule has 0 atom stereocenters. The summed E-state index contributed by atoms with van der Waals surface area (Å²) < 4.78 is 0. The number of anilines is 1. The van der Waals surface area contributed by atoms with Crippen LogP contribution in [0.4, 0.5) is 5.69 Å². The highest BCUT2D eigenvalue weighted by atomic mass is 35.5. The van der Waals surface area contributed by atoms with Gasteiger partial charge in [-0.25, -0.2) is 0 Å². The number of hydrogen-bond donors (Lipinski definition) is 2. The molecule has 0 bridgehead atoms. The van der Waals surface area contributed by atoms with Crippen LogP contribution in [0.25, 0.3) is 0 Å². The van der Waals surface area contributed by atoms with Crippen LogP contribution in [0.15, 0.2) is 18.2 Å². The summed E-state index contributed by atoms with van der Waals surface area (Å²) in [5.41, 5.74) is 7.20. The van der Waals surface area contributed by atoms with E-state index in [0.29, 0.717) is 5.02 Å². The van der Waals surface area contributed by atoms with Crippen LogP contribution in [0.2, 0.25) is 5.02 Å². The third kappa shape index (κ3) is 2.68. The lowest BCUT2D eigenvalue weighted by Gasteiger charge is -2.04. The van der Waals surface area contributed by atoms with Crippen molar-refractivity contribution in [3.05, 3.63) is 28.8 Å². The Labute approximate surface area is 81.7 Å². The summed E-state index contributed by atoms with van der Waals surface area (Å²) in [6.07, 6.45) is 0. The SMILES string of the molecule is Cc1cc(Cl)cc(NC(N)=S)c1. The minimum Gasteiger partial charge on any atom is -0.376 e. The average Bonchev–Trinajstić information content (AvgIpc) is 1.81. The molecule has 4 heteroatoms. The average molecular weight is 201 g/mol. The van der Waals surface area contributed by atoms with Gasteiger partial charge in [-0.3, -0.25) is 0 Å². The predicted octanol–water partition coefficient (Wildman–Crippen LogP) is 2.30. The smallest absolute Gasteiger partial charge is 0.168 e.